The molecule has 6 heteroatoms. The Balaban J connectivity index is 2.72. The molecule has 1 aromatic carbocycles. The molecule has 1 aromatic heterocycles. The molecule has 0 saturated heterocycles. The first-order valence-electron chi connectivity index (χ1n) is 5.88. The molecule has 0 amide bonds. The van der Waals surface area contributed by atoms with Crippen molar-refractivity contribution in [2.75, 3.05) is 0 Å². The van der Waals surface area contributed by atoms with Gasteiger partial charge in [-0.1, -0.05) is 23.2 Å². The van der Waals surface area contributed by atoms with Gasteiger partial charge in [0.05, 0.1) is 10.7 Å². The number of rotatable bonds is 3. The molecule has 0 unspecified atom stereocenters. The van der Waals surface area contributed by atoms with E-state index in [1.54, 1.807) is 31.2 Å². The zero-order valence-corrected chi connectivity index (χ0v) is 12.1. The van der Waals surface area contributed by atoms with Crippen LogP contribution in [0.15, 0.2) is 35.1 Å². The van der Waals surface area contributed by atoms with Crippen LogP contribution in [0, 0.1) is 0 Å². The van der Waals surface area contributed by atoms with Crippen molar-refractivity contribution >= 4 is 29.2 Å². The second-order valence-electron chi connectivity index (χ2n) is 4.11. The first-order chi connectivity index (χ1) is 9.45. The minimum atomic E-state index is -1.24. The minimum Gasteiger partial charge on any atom is -0.477 e. The van der Waals surface area contributed by atoms with Crippen LogP contribution in [-0.2, 0) is 6.54 Å². The fraction of sp³-hybridized carbons (Fsp3) is 0.143. The summed E-state index contributed by atoms with van der Waals surface area (Å²) in [5.41, 5.74) is 0.375. The summed E-state index contributed by atoms with van der Waals surface area (Å²) in [6.07, 6.45) is 0. The molecule has 0 bridgehead atoms. The van der Waals surface area contributed by atoms with Crippen molar-refractivity contribution in [1.29, 1.82) is 0 Å². The highest BCUT2D eigenvalue weighted by atomic mass is 35.5. The smallest absolute Gasteiger partial charge is 0.341 e. The van der Waals surface area contributed by atoms with Crippen LogP contribution >= 0.6 is 23.2 Å². The Bertz CT molecular complexity index is 738. The van der Waals surface area contributed by atoms with Crippen molar-refractivity contribution in [2.24, 2.45) is 0 Å². The molecule has 1 N–H and O–H groups in total. The third-order valence-corrected chi connectivity index (χ3v) is 3.48. The van der Waals surface area contributed by atoms with Crippen LogP contribution in [0.3, 0.4) is 0 Å². The Morgan fingerprint density at radius 3 is 2.50 bits per heavy atom. The van der Waals surface area contributed by atoms with Gasteiger partial charge in [-0.3, -0.25) is 4.79 Å². The van der Waals surface area contributed by atoms with Crippen LogP contribution in [0.2, 0.25) is 10.0 Å². The van der Waals surface area contributed by atoms with Crippen molar-refractivity contribution in [3.05, 3.63) is 56.3 Å². The van der Waals surface area contributed by atoms with Gasteiger partial charge in [-0.25, -0.2) is 4.79 Å². The van der Waals surface area contributed by atoms with Gasteiger partial charge >= 0.3 is 5.97 Å². The highest BCUT2D eigenvalue weighted by Gasteiger charge is 2.15. The van der Waals surface area contributed by atoms with Gasteiger partial charge in [0.25, 0.3) is 5.56 Å². The number of hydrogen-bond acceptors (Lipinski definition) is 2. The fourth-order valence-electron chi connectivity index (χ4n) is 1.99. The average molecular weight is 312 g/mol. The maximum Gasteiger partial charge on any atom is 0.341 e. The fourth-order valence-corrected chi connectivity index (χ4v) is 2.49. The summed E-state index contributed by atoms with van der Waals surface area (Å²) in [7, 11) is 0. The van der Waals surface area contributed by atoms with Gasteiger partial charge in [-0.15, -0.1) is 0 Å². The van der Waals surface area contributed by atoms with E-state index in [0.717, 1.165) is 0 Å². The molecule has 2 aromatic rings. The number of aromatic carboxylic acids is 1. The molecular weight excluding hydrogens is 301 g/mol. The van der Waals surface area contributed by atoms with Crippen molar-refractivity contribution < 1.29 is 9.90 Å². The van der Waals surface area contributed by atoms with Crippen molar-refractivity contribution in [3.8, 4) is 11.3 Å². The van der Waals surface area contributed by atoms with Crippen LogP contribution in [0.1, 0.15) is 17.3 Å². The lowest BCUT2D eigenvalue weighted by molar-refractivity contribution is 0.0694. The Morgan fingerprint density at radius 1 is 1.25 bits per heavy atom. The van der Waals surface area contributed by atoms with Crippen LogP contribution in [0.25, 0.3) is 11.3 Å². The number of hydrogen-bond donors (Lipinski definition) is 1. The van der Waals surface area contributed by atoms with E-state index in [1.165, 1.54) is 10.6 Å². The SMILES string of the molecule is CCn1c(-c2ccc(Cl)cc2Cl)ccc(C(=O)O)c1=O. The molecule has 1 heterocycles. The number of nitrogens with zero attached hydrogens (tertiary/aromatic N) is 1. The molecule has 0 saturated carbocycles. The molecule has 0 atom stereocenters. The third-order valence-electron chi connectivity index (χ3n) is 2.93. The summed E-state index contributed by atoms with van der Waals surface area (Å²) in [4.78, 5) is 23.1. The van der Waals surface area contributed by atoms with Gasteiger partial charge in [0, 0.05) is 17.1 Å². The standard InChI is InChI=1S/C14H11Cl2NO3/c1-2-17-12(6-5-10(13(17)18)14(19)20)9-4-3-8(15)7-11(9)16/h3-7H,2H2,1H3,(H,19,20). The number of halogens is 2. The molecule has 0 aliphatic carbocycles. The lowest BCUT2D eigenvalue weighted by Gasteiger charge is -2.13. The number of carbonyl (C=O) groups is 1. The Hall–Kier alpha value is -1.78. The summed E-state index contributed by atoms with van der Waals surface area (Å²) in [6.45, 7) is 2.11. The van der Waals surface area contributed by atoms with E-state index < -0.39 is 11.5 Å². The van der Waals surface area contributed by atoms with Crippen molar-refractivity contribution in [1.82, 2.24) is 4.57 Å². The zero-order valence-electron chi connectivity index (χ0n) is 10.6. The molecule has 0 spiro atoms. The highest BCUT2D eigenvalue weighted by molar-refractivity contribution is 6.36. The van der Waals surface area contributed by atoms with Crippen LogP contribution in [0.5, 0.6) is 0 Å². The molecule has 2 rings (SSSR count). The van der Waals surface area contributed by atoms with Gasteiger partial charge in [0.15, 0.2) is 0 Å². The summed E-state index contributed by atoms with van der Waals surface area (Å²) in [5, 5.41) is 9.88. The average Bonchev–Trinajstić information content (AvgIpc) is 2.38. The molecular formula is C14H11Cl2NO3. The van der Waals surface area contributed by atoms with E-state index in [0.29, 0.717) is 27.8 Å². The number of carboxylic acid groups (broad SMARTS) is 1. The van der Waals surface area contributed by atoms with E-state index in [2.05, 4.69) is 0 Å². The molecule has 0 aliphatic heterocycles. The summed E-state index contributed by atoms with van der Waals surface area (Å²) >= 11 is 12.0. The van der Waals surface area contributed by atoms with Crippen LogP contribution in [0.4, 0.5) is 0 Å². The topological polar surface area (TPSA) is 59.3 Å². The van der Waals surface area contributed by atoms with E-state index in [4.69, 9.17) is 28.3 Å². The minimum absolute atomic E-state index is 0.263. The first kappa shape index (κ1) is 14.6. The summed E-state index contributed by atoms with van der Waals surface area (Å²) in [5.74, 6) is -1.24. The third kappa shape index (κ3) is 2.57. The first-order valence-corrected chi connectivity index (χ1v) is 6.64. The van der Waals surface area contributed by atoms with Crippen molar-refractivity contribution in [3.63, 3.8) is 0 Å². The van der Waals surface area contributed by atoms with Crippen molar-refractivity contribution in [2.45, 2.75) is 13.5 Å². The Kier molecular flexibility index (Phi) is 4.16. The maximum absolute atomic E-state index is 12.1. The predicted octanol–water partition coefficient (Wildman–Crippen LogP) is 3.54. The lowest BCUT2D eigenvalue weighted by atomic mass is 10.1. The van der Waals surface area contributed by atoms with Crippen LogP contribution in [-0.4, -0.2) is 15.6 Å². The molecule has 0 fully saturated rings. The Labute approximate surface area is 125 Å². The zero-order chi connectivity index (χ0) is 14.9. The van der Waals surface area contributed by atoms with Gasteiger partial charge in [0.2, 0.25) is 0 Å². The lowest BCUT2D eigenvalue weighted by Crippen LogP contribution is -2.26. The second-order valence-corrected chi connectivity index (χ2v) is 4.95. The molecule has 20 heavy (non-hydrogen) atoms. The number of aromatic nitrogens is 1. The molecule has 0 radical (unpaired) electrons. The normalized spacial score (nSPS) is 10.6. The molecule has 4 nitrogen and oxygen atoms in total. The van der Waals surface area contributed by atoms with E-state index in [1.807, 2.05) is 0 Å². The largest absolute Gasteiger partial charge is 0.477 e. The molecule has 0 aliphatic rings. The monoisotopic (exact) mass is 311 g/mol. The number of pyridine rings is 1. The summed E-state index contributed by atoms with van der Waals surface area (Å²) < 4.78 is 1.37. The predicted molar refractivity (Wildman–Crippen MR) is 78.8 cm³/mol. The maximum atomic E-state index is 12.1. The van der Waals surface area contributed by atoms with Gasteiger partial charge in [0.1, 0.15) is 5.56 Å². The van der Waals surface area contributed by atoms with E-state index >= 15 is 0 Å². The number of carboxylic acids is 1. The highest BCUT2D eigenvalue weighted by Crippen LogP contribution is 2.29. The van der Waals surface area contributed by atoms with Gasteiger partial charge in [-0.05, 0) is 37.3 Å². The number of benzene rings is 1. The van der Waals surface area contributed by atoms with E-state index in [-0.39, 0.29) is 5.56 Å². The van der Waals surface area contributed by atoms with E-state index in [9.17, 15) is 9.59 Å². The quantitative estimate of drug-likeness (QED) is 0.943. The molecule has 104 valence electrons. The Morgan fingerprint density at radius 2 is 1.95 bits per heavy atom. The van der Waals surface area contributed by atoms with Crippen LogP contribution < -0.4 is 5.56 Å². The van der Waals surface area contributed by atoms with Gasteiger partial charge < -0.3 is 9.67 Å². The summed E-state index contributed by atoms with van der Waals surface area (Å²) in [6, 6.07) is 7.80. The van der Waals surface area contributed by atoms with Gasteiger partial charge in [-0.2, -0.15) is 0 Å². The second kappa shape index (κ2) is 5.69.